The Morgan fingerprint density at radius 3 is 2.71 bits per heavy atom. The Bertz CT molecular complexity index is 647. The third-order valence-electron chi connectivity index (χ3n) is 2.74. The zero-order valence-electron chi connectivity index (χ0n) is 11.1. The first kappa shape index (κ1) is 15.6. The molecule has 0 aromatic heterocycles. The van der Waals surface area contributed by atoms with Gasteiger partial charge in [-0.1, -0.05) is 41.4 Å². The highest BCUT2D eigenvalue weighted by molar-refractivity contribution is 6.31. The molecule has 0 aliphatic rings. The molecule has 0 atom stereocenters. The quantitative estimate of drug-likeness (QED) is 0.823. The van der Waals surface area contributed by atoms with E-state index in [9.17, 15) is 4.79 Å². The van der Waals surface area contributed by atoms with Crippen LogP contribution in [0, 0.1) is 0 Å². The van der Waals surface area contributed by atoms with Gasteiger partial charge >= 0.3 is 0 Å². The van der Waals surface area contributed by atoms with Crippen molar-refractivity contribution in [3.05, 3.63) is 58.1 Å². The van der Waals surface area contributed by atoms with Gasteiger partial charge in [0.05, 0.1) is 18.0 Å². The highest BCUT2D eigenvalue weighted by Gasteiger charge is 2.07. The molecule has 1 amide bonds. The number of nitrogen functional groups attached to an aromatic ring is 1. The largest absolute Gasteiger partial charge is 0.397 e. The molecule has 0 aliphatic carbocycles. The van der Waals surface area contributed by atoms with Crippen LogP contribution in [-0.2, 0) is 16.1 Å². The van der Waals surface area contributed by atoms with E-state index in [1.54, 1.807) is 24.3 Å². The van der Waals surface area contributed by atoms with Crippen LogP contribution in [0.3, 0.4) is 0 Å². The van der Waals surface area contributed by atoms with Crippen molar-refractivity contribution in [1.82, 2.24) is 0 Å². The highest BCUT2D eigenvalue weighted by atomic mass is 35.5. The molecule has 0 aliphatic heterocycles. The third-order valence-corrected chi connectivity index (χ3v) is 3.34. The molecule has 21 heavy (non-hydrogen) atoms. The number of nitrogens with one attached hydrogen (secondary N) is 1. The molecule has 2 aromatic carbocycles. The normalized spacial score (nSPS) is 10.4. The molecule has 0 spiro atoms. The molecule has 6 heteroatoms. The number of anilines is 2. The van der Waals surface area contributed by atoms with Crippen LogP contribution < -0.4 is 11.1 Å². The second-order valence-corrected chi connectivity index (χ2v) is 5.21. The van der Waals surface area contributed by atoms with Crippen molar-refractivity contribution in [2.24, 2.45) is 0 Å². The summed E-state index contributed by atoms with van der Waals surface area (Å²) in [4.78, 5) is 11.8. The van der Waals surface area contributed by atoms with Crippen molar-refractivity contribution in [2.45, 2.75) is 6.61 Å². The second kappa shape index (κ2) is 7.31. The van der Waals surface area contributed by atoms with E-state index in [0.29, 0.717) is 21.4 Å². The number of hydrogen-bond acceptors (Lipinski definition) is 3. The Kier molecular flexibility index (Phi) is 5.44. The van der Waals surface area contributed by atoms with Gasteiger partial charge in [0.2, 0.25) is 5.91 Å². The molecule has 110 valence electrons. The minimum absolute atomic E-state index is 0.100. The summed E-state index contributed by atoms with van der Waals surface area (Å²) in [7, 11) is 0. The minimum atomic E-state index is -0.309. The van der Waals surface area contributed by atoms with Gasteiger partial charge in [-0.25, -0.2) is 0 Å². The average molecular weight is 325 g/mol. The molecule has 4 nitrogen and oxygen atoms in total. The number of rotatable bonds is 5. The lowest BCUT2D eigenvalue weighted by atomic mass is 10.2. The van der Waals surface area contributed by atoms with Crippen LogP contribution in [0.5, 0.6) is 0 Å². The van der Waals surface area contributed by atoms with Gasteiger partial charge in [-0.15, -0.1) is 0 Å². The molecular formula is C15H14Cl2N2O2. The summed E-state index contributed by atoms with van der Waals surface area (Å²) in [5, 5.41) is 3.75. The monoisotopic (exact) mass is 324 g/mol. The van der Waals surface area contributed by atoms with Crippen LogP contribution in [0.25, 0.3) is 0 Å². The van der Waals surface area contributed by atoms with Crippen molar-refractivity contribution in [1.29, 1.82) is 0 Å². The SMILES string of the molecule is Nc1ccc(Cl)cc1NC(=O)COCc1ccccc1Cl. The maximum atomic E-state index is 11.8. The lowest BCUT2D eigenvalue weighted by Gasteiger charge is -2.09. The Labute approximate surface area is 132 Å². The van der Waals surface area contributed by atoms with Gasteiger partial charge in [-0.2, -0.15) is 0 Å². The first-order valence-electron chi connectivity index (χ1n) is 6.22. The fourth-order valence-electron chi connectivity index (χ4n) is 1.69. The molecule has 0 saturated heterocycles. The van der Waals surface area contributed by atoms with E-state index in [1.165, 1.54) is 0 Å². The summed E-state index contributed by atoms with van der Waals surface area (Å²) in [6, 6.07) is 12.2. The van der Waals surface area contributed by atoms with E-state index >= 15 is 0 Å². The summed E-state index contributed by atoms with van der Waals surface area (Å²) in [6.45, 7) is 0.162. The maximum absolute atomic E-state index is 11.8. The number of benzene rings is 2. The van der Waals surface area contributed by atoms with Gasteiger partial charge in [0.25, 0.3) is 0 Å². The molecule has 0 saturated carbocycles. The summed E-state index contributed by atoms with van der Waals surface area (Å²) in [6.07, 6.45) is 0. The van der Waals surface area contributed by atoms with E-state index in [2.05, 4.69) is 5.32 Å². The zero-order chi connectivity index (χ0) is 15.2. The van der Waals surface area contributed by atoms with Crippen LogP contribution in [0.4, 0.5) is 11.4 Å². The van der Waals surface area contributed by atoms with Gasteiger partial charge in [-0.05, 0) is 29.8 Å². The number of carbonyl (C=O) groups is 1. The molecule has 0 bridgehead atoms. The van der Waals surface area contributed by atoms with Crippen LogP contribution in [0.1, 0.15) is 5.56 Å². The smallest absolute Gasteiger partial charge is 0.250 e. The van der Waals surface area contributed by atoms with Crippen molar-refractivity contribution in [3.8, 4) is 0 Å². The van der Waals surface area contributed by atoms with Gasteiger partial charge < -0.3 is 15.8 Å². The molecule has 0 fully saturated rings. The van der Waals surface area contributed by atoms with E-state index < -0.39 is 0 Å². The molecule has 0 unspecified atom stereocenters. The van der Waals surface area contributed by atoms with E-state index in [4.69, 9.17) is 33.7 Å². The molecule has 3 N–H and O–H groups in total. The lowest BCUT2D eigenvalue weighted by Crippen LogP contribution is -2.19. The number of carbonyl (C=O) groups excluding carboxylic acids is 1. The number of nitrogens with two attached hydrogens (primary N) is 1. The van der Waals surface area contributed by atoms with Crippen LogP contribution in [0.15, 0.2) is 42.5 Å². The van der Waals surface area contributed by atoms with Crippen molar-refractivity contribution >= 4 is 40.5 Å². The first-order valence-corrected chi connectivity index (χ1v) is 6.98. The number of ether oxygens (including phenoxy) is 1. The number of amides is 1. The zero-order valence-corrected chi connectivity index (χ0v) is 12.6. The fraction of sp³-hybridized carbons (Fsp3) is 0.133. The van der Waals surface area contributed by atoms with E-state index in [-0.39, 0.29) is 19.1 Å². The average Bonchev–Trinajstić information content (AvgIpc) is 2.45. The van der Waals surface area contributed by atoms with Gasteiger partial charge in [-0.3, -0.25) is 4.79 Å². The van der Waals surface area contributed by atoms with E-state index in [0.717, 1.165) is 5.56 Å². The second-order valence-electron chi connectivity index (χ2n) is 4.36. The van der Waals surface area contributed by atoms with Crippen LogP contribution >= 0.6 is 23.2 Å². The standard InChI is InChI=1S/C15H14Cl2N2O2/c16-11-5-6-13(18)14(7-11)19-15(20)9-21-8-10-3-1-2-4-12(10)17/h1-7H,8-9,18H2,(H,19,20). The fourth-order valence-corrected chi connectivity index (χ4v) is 2.05. The third kappa shape index (κ3) is 4.63. The molecule has 2 rings (SSSR count). The molecule has 0 heterocycles. The molecule has 2 aromatic rings. The first-order chi connectivity index (χ1) is 10.1. The topological polar surface area (TPSA) is 64.3 Å². The summed E-state index contributed by atoms with van der Waals surface area (Å²) in [5.74, 6) is -0.309. The van der Waals surface area contributed by atoms with Crippen molar-refractivity contribution in [3.63, 3.8) is 0 Å². The predicted molar refractivity (Wildman–Crippen MR) is 85.6 cm³/mol. The van der Waals surface area contributed by atoms with Gasteiger partial charge in [0.15, 0.2) is 0 Å². The van der Waals surface area contributed by atoms with Crippen molar-refractivity contribution < 1.29 is 9.53 Å². The molecule has 0 radical (unpaired) electrons. The van der Waals surface area contributed by atoms with Gasteiger partial charge in [0, 0.05) is 10.0 Å². The predicted octanol–water partition coefficient (Wildman–Crippen LogP) is 3.73. The summed E-state index contributed by atoms with van der Waals surface area (Å²) in [5.41, 5.74) is 7.48. The highest BCUT2D eigenvalue weighted by Crippen LogP contribution is 2.22. The Morgan fingerprint density at radius 2 is 1.95 bits per heavy atom. The Balaban J connectivity index is 1.85. The van der Waals surface area contributed by atoms with E-state index in [1.807, 2.05) is 18.2 Å². The Morgan fingerprint density at radius 1 is 1.19 bits per heavy atom. The Hall–Kier alpha value is -1.75. The lowest BCUT2D eigenvalue weighted by molar-refractivity contribution is -0.121. The minimum Gasteiger partial charge on any atom is -0.397 e. The van der Waals surface area contributed by atoms with Gasteiger partial charge in [0.1, 0.15) is 6.61 Å². The summed E-state index contributed by atoms with van der Waals surface area (Å²) < 4.78 is 5.33. The maximum Gasteiger partial charge on any atom is 0.250 e. The number of halogens is 2. The van der Waals surface area contributed by atoms with Crippen LogP contribution in [0.2, 0.25) is 10.0 Å². The van der Waals surface area contributed by atoms with Crippen LogP contribution in [-0.4, -0.2) is 12.5 Å². The number of hydrogen-bond donors (Lipinski definition) is 2. The van der Waals surface area contributed by atoms with Crippen molar-refractivity contribution in [2.75, 3.05) is 17.7 Å². The summed E-state index contributed by atoms with van der Waals surface area (Å²) >= 11 is 11.8. The molecular weight excluding hydrogens is 311 g/mol.